The molecule has 0 atom stereocenters. The summed E-state index contributed by atoms with van der Waals surface area (Å²) in [7, 11) is 2.02. The van der Waals surface area contributed by atoms with Crippen LogP contribution in [0.5, 0.6) is 0 Å². The molecule has 0 amide bonds. The Kier molecular flexibility index (Phi) is 4.70. The Morgan fingerprint density at radius 3 is 2.44 bits per heavy atom. The van der Waals surface area contributed by atoms with E-state index in [0.29, 0.717) is 0 Å². The molecule has 0 aliphatic carbocycles. The van der Waals surface area contributed by atoms with E-state index < -0.39 is 0 Å². The second-order valence-corrected chi connectivity index (χ2v) is 3.69. The molecule has 0 aromatic heterocycles. The normalized spacial score (nSPS) is 15.1. The number of nitrogens with zero attached hydrogens (tertiary/aromatic N) is 1. The monoisotopic (exact) mass is 285 g/mol. The van der Waals surface area contributed by atoms with Crippen LogP contribution in [-0.4, -0.2) is 11.9 Å². The third-order valence-corrected chi connectivity index (χ3v) is 2.67. The third kappa shape index (κ3) is 2.53. The number of hydrogen-bond acceptors (Lipinski definition) is 1. The fourth-order valence-corrected chi connectivity index (χ4v) is 1.63. The maximum Gasteiger partial charge on any atom is 0.00845 e. The Balaban J connectivity index is 0.00000128. The van der Waals surface area contributed by atoms with Crippen LogP contribution in [0, 0.1) is 6.08 Å². The van der Waals surface area contributed by atoms with Crippen LogP contribution in [0.4, 0.5) is 0 Å². The van der Waals surface area contributed by atoms with E-state index in [0.717, 1.165) is 17.0 Å². The number of hydrogen-bond donors (Lipinski definition) is 0. The number of allylic oxidation sites excluding steroid dienone is 3. The molecule has 0 spiro atoms. The Labute approximate surface area is 122 Å². The predicted octanol–water partition coefficient (Wildman–Crippen LogP) is 3.23. The molecule has 2 rings (SSSR count). The topological polar surface area (TPSA) is 3.24 Å². The first kappa shape index (κ1) is 13.4. The molecule has 0 bridgehead atoms. The van der Waals surface area contributed by atoms with E-state index in [-0.39, 0.29) is 32.7 Å². The fourth-order valence-electron chi connectivity index (χ4n) is 1.63. The van der Waals surface area contributed by atoms with Crippen molar-refractivity contribution in [1.82, 2.24) is 4.90 Å². The third-order valence-electron chi connectivity index (χ3n) is 2.67. The Bertz CT molecular complexity index is 443. The summed E-state index contributed by atoms with van der Waals surface area (Å²) < 4.78 is 0. The van der Waals surface area contributed by atoms with Gasteiger partial charge in [-0.25, -0.2) is 0 Å². The van der Waals surface area contributed by atoms with Crippen molar-refractivity contribution in [1.29, 1.82) is 0 Å². The molecular formula is C14H14NY-. The van der Waals surface area contributed by atoms with Crippen molar-refractivity contribution < 1.29 is 32.7 Å². The van der Waals surface area contributed by atoms with Crippen molar-refractivity contribution in [3.63, 3.8) is 0 Å². The molecule has 0 saturated carbocycles. The van der Waals surface area contributed by atoms with Gasteiger partial charge in [0.05, 0.1) is 0 Å². The largest absolute Gasteiger partial charge is 0.378 e. The summed E-state index contributed by atoms with van der Waals surface area (Å²) >= 11 is 0. The van der Waals surface area contributed by atoms with Gasteiger partial charge in [-0.3, -0.25) is 0 Å². The van der Waals surface area contributed by atoms with Crippen molar-refractivity contribution in [2.24, 2.45) is 0 Å². The SMILES string of the molecule is C=C1C(C)=C[C-]=C(c2ccccc2)N1C.[Y]. The molecule has 1 heterocycles. The molecule has 0 fully saturated rings. The van der Waals surface area contributed by atoms with Crippen LogP contribution in [0.1, 0.15) is 12.5 Å². The minimum absolute atomic E-state index is 0. The van der Waals surface area contributed by atoms with Crippen molar-refractivity contribution >= 4 is 5.70 Å². The summed E-state index contributed by atoms with van der Waals surface area (Å²) in [5, 5.41) is 0. The van der Waals surface area contributed by atoms with E-state index >= 15 is 0 Å². The Hall–Kier alpha value is -0.656. The van der Waals surface area contributed by atoms with Crippen LogP contribution in [0.15, 0.2) is 54.3 Å². The maximum atomic E-state index is 4.05. The second kappa shape index (κ2) is 5.61. The van der Waals surface area contributed by atoms with E-state index in [1.165, 1.54) is 5.56 Å². The number of rotatable bonds is 1. The van der Waals surface area contributed by atoms with E-state index in [4.69, 9.17) is 0 Å². The molecule has 1 radical (unpaired) electrons. The molecule has 2 heteroatoms. The van der Waals surface area contributed by atoms with E-state index in [1.54, 1.807) is 0 Å². The van der Waals surface area contributed by atoms with Gasteiger partial charge in [-0.1, -0.05) is 43.0 Å². The average Bonchev–Trinajstić information content (AvgIpc) is 2.27. The van der Waals surface area contributed by atoms with Crippen molar-refractivity contribution in [3.8, 4) is 0 Å². The summed E-state index contributed by atoms with van der Waals surface area (Å²) in [6, 6.07) is 10.3. The van der Waals surface area contributed by atoms with Crippen molar-refractivity contribution in [3.05, 3.63) is 65.9 Å². The fraction of sp³-hybridized carbons (Fsp3) is 0.143. The van der Waals surface area contributed by atoms with E-state index in [2.05, 4.69) is 29.7 Å². The molecule has 1 nitrogen and oxygen atoms in total. The second-order valence-electron chi connectivity index (χ2n) is 3.69. The van der Waals surface area contributed by atoms with Gasteiger partial charge in [-0.15, -0.1) is 17.7 Å². The van der Waals surface area contributed by atoms with E-state index in [9.17, 15) is 0 Å². The van der Waals surface area contributed by atoms with E-state index in [1.807, 2.05) is 38.2 Å². The standard InChI is InChI=1S/C14H14N.Y/c1-11-9-10-14(15(3)12(11)2)13-7-5-4-6-8-13;/h4-9H,2H2,1,3H3;/q-1;. The van der Waals surface area contributed by atoms with Gasteiger partial charge in [-0.2, -0.15) is 12.2 Å². The zero-order valence-corrected chi connectivity index (χ0v) is 12.5. The molecule has 1 aromatic carbocycles. The summed E-state index contributed by atoms with van der Waals surface area (Å²) in [6.45, 7) is 6.10. The van der Waals surface area contributed by atoms with Crippen LogP contribution in [0.25, 0.3) is 5.70 Å². The molecule has 1 aliphatic heterocycles. The van der Waals surface area contributed by atoms with Gasteiger partial charge in [0.2, 0.25) is 0 Å². The molecule has 0 unspecified atom stereocenters. The predicted molar refractivity (Wildman–Crippen MR) is 63.8 cm³/mol. The zero-order valence-electron chi connectivity index (χ0n) is 9.70. The van der Waals surface area contributed by atoms with Crippen molar-refractivity contribution in [2.45, 2.75) is 6.92 Å². The average molecular weight is 285 g/mol. The van der Waals surface area contributed by atoms with Crippen LogP contribution in [0.3, 0.4) is 0 Å². The van der Waals surface area contributed by atoms with Gasteiger partial charge in [0.15, 0.2) is 0 Å². The molecule has 0 N–H and O–H groups in total. The molecule has 1 aliphatic rings. The maximum absolute atomic E-state index is 4.05. The van der Waals surface area contributed by atoms with Gasteiger partial charge in [0.1, 0.15) is 0 Å². The smallest absolute Gasteiger partial charge is 0.00845 e. The number of benzene rings is 1. The van der Waals surface area contributed by atoms with Gasteiger partial charge < -0.3 is 4.90 Å². The van der Waals surface area contributed by atoms with Crippen LogP contribution in [0.2, 0.25) is 0 Å². The Morgan fingerprint density at radius 1 is 1.19 bits per heavy atom. The van der Waals surface area contributed by atoms with Gasteiger partial charge in [0.25, 0.3) is 0 Å². The van der Waals surface area contributed by atoms with Gasteiger partial charge >= 0.3 is 0 Å². The van der Waals surface area contributed by atoms with Crippen LogP contribution in [-0.2, 0) is 32.7 Å². The molecule has 1 aromatic rings. The quantitative estimate of drug-likeness (QED) is 0.716. The van der Waals surface area contributed by atoms with Crippen LogP contribution >= 0.6 is 0 Å². The molecule has 0 saturated heterocycles. The summed E-state index contributed by atoms with van der Waals surface area (Å²) in [5.41, 5.74) is 4.45. The summed E-state index contributed by atoms with van der Waals surface area (Å²) in [4.78, 5) is 2.07. The summed E-state index contributed by atoms with van der Waals surface area (Å²) in [6.07, 6.45) is 5.28. The zero-order chi connectivity index (χ0) is 10.8. The van der Waals surface area contributed by atoms with Crippen LogP contribution < -0.4 is 0 Å². The molecule has 79 valence electrons. The van der Waals surface area contributed by atoms with Crippen molar-refractivity contribution in [2.75, 3.05) is 7.05 Å². The minimum Gasteiger partial charge on any atom is -0.378 e. The number of likely N-dealkylation sites (N-methyl/N-ethyl adjacent to an activating group) is 1. The minimum atomic E-state index is 0. The molecular weight excluding hydrogens is 271 g/mol. The molecule has 16 heavy (non-hydrogen) atoms. The van der Waals surface area contributed by atoms with Gasteiger partial charge in [-0.05, 0) is 5.70 Å². The Morgan fingerprint density at radius 2 is 1.81 bits per heavy atom. The first-order valence-electron chi connectivity index (χ1n) is 4.99. The first-order chi connectivity index (χ1) is 7.20. The van der Waals surface area contributed by atoms with Gasteiger partial charge in [0, 0.05) is 39.8 Å². The summed E-state index contributed by atoms with van der Waals surface area (Å²) in [5.74, 6) is 0. The first-order valence-corrected chi connectivity index (χ1v) is 4.99.